The maximum atomic E-state index is 12.9. The van der Waals surface area contributed by atoms with Crippen molar-refractivity contribution in [2.24, 2.45) is 0 Å². The highest BCUT2D eigenvalue weighted by Gasteiger charge is 2.33. The Morgan fingerprint density at radius 2 is 2.13 bits per heavy atom. The van der Waals surface area contributed by atoms with Crippen LogP contribution in [0, 0.1) is 0 Å². The minimum absolute atomic E-state index is 0.0763. The number of nitrogens with one attached hydrogen (secondary N) is 1. The fourth-order valence-electron chi connectivity index (χ4n) is 2.96. The second-order valence-electron chi connectivity index (χ2n) is 5.47. The van der Waals surface area contributed by atoms with Gasteiger partial charge in [0.2, 0.25) is 0 Å². The predicted molar refractivity (Wildman–Crippen MR) is 81.0 cm³/mol. The fourth-order valence-corrected chi connectivity index (χ4v) is 2.96. The smallest absolute Gasteiger partial charge is 0.372 e. The summed E-state index contributed by atoms with van der Waals surface area (Å²) in [7, 11) is 1.85. The molecule has 0 amide bonds. The molecular formula is C17H17F3N2O. The van der Waals surface area contributed by atoms with Crippen molar-refractivity contribution in [3.05, 3.63) is 53.3 Å². The van der Waals surface area contributed by atoms with Crippen LogP contribution >= 0.6 is 0 Å². The summed E-state index contributed by atoms with van der Waals surface area (Å²) in [6.45, 7) is 1.23. The number of halogens is 3. The number of ether oxygens (including phenoxy) is 1. The zero-order chi connectivity index (χ0) is 16.4. The number of hydrogen-bond acceptors (Lipinski definition) is 3. The van der Waals surface area contributed by atoms with Gasteiger partial charge in [-0.3, -0.25) is 4.98 Å². The predicted octanol–water partition coefficient (Wildman–Crippen LogP) is 3.60. The first-order valence-corrected chi connectivity index (χ1v) is 7.42. The zero-order valence-corrected chi connectivity index (χ0v) is 12.7. The summed E-state index contributed by atoms with van der Waals surface area (Å²) in [5.74, 6) is 0. The molecule has 0 fully saturated rings. The van der Waals surface area contributed by atoms with Crippen LogP contribution in [-0.2, 0) is 17.3 Å². The van der Waals surface area contributed by atoms with Gasteiger partial charge in [0.25, 0.3) is 0 Å². The number of nitrogens with zero attached hydrogens (tertiary/aromatic N) is 1. The molecule has 122 valence electrons. The minimum atomic E-state index is -4.44. The van der Waals surface area contributed by atoms with Crippen molar-refractivity contribution in [2.45, 2.75) is 18.7 Å². The maximum Gasteiger partial charge on any atom is 0.433 e. The van der Waals surface area contributed by atoms with Crippen molar-refractivity contribution in [3.8, 4) is 11.1 Å². The number of benzene rings is 1. The molecule has 2 aromatic rings. The van der Waals surface area contributed by atoms with Crippen LogP contribution in [0.25, 0.3) is 11.1 Å². The molecule has 0 radical (unpaired) electrons. The molecule has 1 aliphatic rings. The quantitative estimate of drug-likeness (QED) is 0.937. The minimum Gasteiger partial charge on any atom is -0.372 e. The van der Waals surface area contributed by atoms with Crippen molar-refractivity contribution in [3.63, 3.8) is 0 Å². The lowest BCUT2D eigenvalue weighted by Crippen LogP contribution is -2.25. The van der Waals surface area contributed by atoms with Crippen LogP contribution < -0.4 is 5.32 Å². The Hall–Kier alpha value is -1.92. The number of hydrogen-bond donors (Lipinski definition) is 1. The van der Waals surface area contributed by atoms with Gasteiger partial charge in [0.1, 0.15) is 5.69 Å². The molecule has 3 rings (SSSR count). The average molecular weight is 322 g/mol. The van der Waals surface area contributed by atoms with Gasteiger partial charge >= 0.3 is 6.18 Å². The van der Waals surface area contributed by atoms with Crippen LogP contribution in [0.2, 0.25) is 0 Å². The van der Waals surface area contributed by atoms with E-state index in [1.165, 1.54) is 6.20 Å². The van der Waals surface area contributed by atoms with E-state index < -0.39 is 11.9 Å². The van der Waals surface area contributed by atoms with E-state index >= 15 is 0 Å². The Balaban J connectivity index is 2.06. The van der Waals surface area contributed by atoms with Crippen LogP contribution in [0.15, 0.2) is 36.5 Å². The summed E-state index contributed by atoms with van der Waals surface area (Å²) >= 11 is 0. The number of aromatic nitrogens is 1. The first kappa shape index (κ1) is 16.0. The Labute approximate surface area is 132 Å². The molecule has 1 N–H and O–H groups in total. The van der Waals surface area contributed by atoms with Crippen LogP contribution in [0.4, 0.5) is 13.2 Å². The number of alkyl halides is 3. The van der Waals surface area contributed by atoms with Crippen molar-refractivity contribution >= 4 is 0 Å². The summed E-state index contributed by atoms with van der Waals surface area (Å²) in [6.07, 6.45) is -2.62. The standard InChI is InChI=1S/C17H17F3N2O/c1-21-10-15-14-4-2-3-12(13(14)6-8-23-15)11-5-7-22-16(9-11)17(18,19)20/h2-5,7,9,15,21H,6,8,10H2,1H3/t15-/m1/s1. The molecule has 6 heteroatoms. The molecule has 0 spiro atoms. The van der Waals surface area contributed by atoms with E-state index in [-0.39, 0.29) is 6.10 Å². The Morgan fingerprint density at radius 3 is 2.87 bits per heavy atom. The van der Waals surface area contributed by atoms with Gasteiger partial charge in [-0.25, -0.2) is 0 Å². The van der Waals surface area contributed by atoms with Gasteiger partial charge in [0.15, 0.2) is 0 Å². The van der Waals surface area contributed by atoms with Crippen LogP contribution in [-0.4, -0.2) is 25.2 Å². The molecule has 2 heterocycles. The van der Waals surface area contributed by atoms with Crippen LogP contribution in [0.3, 0.4) is 0 Å². The molecule has 0 unspecified atom stereocenters. The van der Waals surface area contributed by atoms with Crippen molar-refractivity contribution < 1.29 is 17.9 Å². The zero-order valence-electron chi connectivity index (χ0n) is 12.7. The Morgan fingerprint density at radius 1 is 1.30 bits per heavy atom. The maximum absolute atomic E-state index is 12.9. The third-order valence-electron chi connectivity index (χ3n) is 3.98. The van der Waals surface area contributed by atoms with Crippen molar-refractivity contribution in [1.29, 1.82) is 0 Å². The lowest BCUT2D eigenvalue weighted by molar-refractivity contribution is -0.141. The fraction of sp³-hybridized carbons (Fsp3) is 0.353. The average Bonchev–Trinajstić information content (AvgIpc) is 2.54. The molecule has 0 aliphatic carbocycles. The lowest BCUT2D eigenvalue weighted by atomic mass is 9.89. The van der Waals surface area contributed by atoms with Gasteiger partial charge in [0.05, 0.1) is 12.7 Å². The van der Waals surface area contributed by atoms with E-state index in [0.29, 0.717) is 25.1 Å². The molecule has 1 aromatic carbocycles. The summed E-state index contributed by atoms with van der Waals surface area (Å²) in [5, 5.41) is 3.08. The third kappa shape index (κ3) is 3.23. The van der Waals surface area contributed by atoms with Gasteiger partial charge in [-0.05, 0) is 47.9 Å². The monoisotopic (exact) mass is 322 g/mol. The molecular weight excluding hydrogens is 305 g/mol. The number of fused-ring (bicyclic) bond motifs is 1. The van der Waals surface area contributed by atoms with E-state index in [1.807, 2.05) is 25.2 Å². The van der Waals surface area contributed by atoms with E-state index in [1.54, 1.807) is 6.07 Å². The molecule has 0 saturated heterocycles. The Kier molecular flexibility index (Phi) is 4.37. The van der Waals surface area contributed by atoms with Crippen LogP contribution in [0.5, 0.6) is 0 Å². The van der Waals surface area contributed by atoms with Gasteiger partial charge < -0.3 is 10.1 Å². The second-order valence-corrected chi connectivity index (χ2v) is 5.47. The van der Waals surface area contributed by atoms with Gasteiger partial charge in [-0.15, -0.1) is 0 Å². The molecule has 23 heavy (non-hydrogen) atoms. The summed E-state index contributed by atoms with van der Waals surface area (Å²) < 4.78 is 44.4. The summed E-state index contributed by atoms with van der Waals surface area (Å²) in [5.41, 5.74) is 2.58. The largest absolute Gasteiger partial charge is 0.433 e. The van der Waals surface area contributed by atoms with Crippen LogP contribution in [0.1, 0.15) is 22.9 Å². The van der Waals surface area contributed by atoms with E-state index in [0.717, 1.165) is 22.8 Å². The molecule has 0 bridgehead atoms. The van der Waals surface area contributed by atoms with E-state index in [2.05, 4.69) is 10.3 Å². The van der Waals surface area contributed by atoms with Crippen molar-refractivity contribution in [1.82, 2.24) is 10.3 Å². The highest BCUT2D eigenvalue weighted by Crippen LogP contribution is 2.36. The van der Waals surface area contributed by atoms with E-state index in [9.17, 15) is 13.2 Å². The number of rotatable bonds is 3. The molecule has 0 saturated carbocycles. The summed E-state index contributed by atoms with van der Waals surface area (Å²) in [4.78, 5) is 3.43. The molecule has 3 nitrogen and oxygen atoms in total. The number of pyridine rings is 1. The molecule has 1 aromatic heterocycles. The number of likely N-dealkylation sites (N-methyl/N-ethyl adjacent to an activating group) is 1. The van der Waals surface area contributed by atoms with Gasteiger partial charge in [-0.2, -0.15) is 13.2 Å². The normalized spacial score (nSPS) is 17.8. The lowest BCUT2D eigenvalue weighted by Gasteiger charge is -2.28. The topological polar surface area (TPSA) is 34.1 Å². The van der Waals surface area contributed by atoms with Gasteiger partial charge in [0, 0.05) is 12.7 Å². The van der Waals surface area contributed by atoms with Crippen molar-refractivity contribution in [2.75, 3.05) is 20.2 Å². The first-order chi connectivity index (χ1) is 11.0. The van der Waals surface area contributed by atoms with Gasteiger partial charge in [-0.1, -0.05) is 18.2 Å². The highest BCUT2D eigenvalue weighted by atomic mass is 19.4. The molecule has 1 atom stereocenters. The second kappa shape index (κ2) is 6.29. The Bertz CT molecular complexity index is 700. The SMILES string of the molecule is CNC[C@H]1OCCc2c(-c3ccnc(C(F)(F)F)c3)cccc21. The highest BCUT2D eigenvalue weighted by molar-refractivity contribution is 5.69. The third-order valence-corrected chi connectivity index (χ3v) is 3.98. The molecule has 1 aliphatic heterocycles. The summed E-state index contributed by atoms with van der Waals surface area (Å²) in [6, 6.07) is 8.42. The van der Waals surface area contributed by atoms with E-state index in [4.69, 9.17) is 4.74 Å². The first-order valence-electron chi connectivity index (χ1n) is 7.42.